The van der Waals surface area contributed by atoms with E-state index in [4.69, 9.17) is 4.74 Å². The summed E-state index contributed by atoms with van der Waals surface area (Å²) >= 11 is 1.69. The van der Waals surface area contributed by atoms with Gasteiger partial charge in [0, 0.05) is 0 Å². The number of fused-ring (bicyclic) bond motifs is 1. The van der Waals surface area contributed by atoms with Crippen LogP contribution < -0.4 is 4.74 Å². The van der Waals surface area contributed by atoms with Crippen LogP contribution in [-0.2, 0) is 13.0 Å². The third-order valence-corrected chi connectivity index (χ3v) is 4.04. The molecule has 0 fully saturated rings. The molecule has 1 heterocycles. The van der Waals surface area contributed by atoms with Crippen LogP contribution in [0.1, 0.15) is 17.5 Å². The van der Waals surface area contributed by atoms with Gasteiger partial charge in [0.15, 0.2) is 0 Å². The summed E-state index contributed by atoms with van der Waals surface area (Å²) in [5.74, 6) is 0.899. The number of aromatic nitrogens is 1. The number of hydrogen-bond donors (Lipinski definition) is 0. The first-order chi connectivity index (χ1) is 9.35. The van der Waals surface area contributed by atoms with Gasteiger partial charge in [0.1, 0.15) is 17.4 Å². The molecule has 3 heteroatoms. The summed E-state index contributed by atoms with van der Waals surface area (Å²) in [6, 6.07) is 16.4. The maximum Gasteiger partial charge on any atom is 0.140 e. The molecular weight excluding hydrogens is 254 g/mol. The molecule has 0 amide bonds. The fourth-order valence-corrected chi connectivity index (χ4v) is 2.83. The van der Waals surface area contributed by atoms with E-state index >= 15 is 0 Å². The summed E-state index contributed by atoms with van der Waals surface area (Å²) in [6.07, 6.45) is 1.05. The van der Waals surface area contributed by atoms with Crippen LogP contribution >= 0.6 is 11.3 Å². The van der Waals surface area contributed by atoms with Gasteiger partial charge in [-0.3, -0.25) is 0 Å². The topological polar surface area (TPSA) is 22.1 Å². The van der Waals surface area contributed by atoms with Crippen LogP contribution in [0, 0.1) is 0 Å². The minimum absolute atomic E-state index is 0.533. The Balaban J connectivity index is 1.70. The molecule has 0 aliphatic carbocycles. The molecule has 0 radical (unpaired) electrons. The molecule has 0 aliphatic rings. The Bertz CT molecular complexity index is 640. The van der Waals surface area contributed by atoms with Crippen molar-refractivity contribution in [1.82, 2.24) is 4.98 Å². The fraction of sp³-hybridized carbons (Fsp3) is 0.188. The lowest BCUT2D eigenvalue weighted by Gasteiger charge is -2.04. The second-order valence-corrected chi connectivity index (χ2v) is 5.48. The molecule has 0 spiro atoms. The van der Waals surface area contributed by atoms with Crippen molar-refractivity contribution in [2.24, 2.45) is 0 Å². The number of hydrogen-bond acceptors (Lipinski definition) is 3. The number of thiazole rings is 1. The third-order valence-electron chi connectivity index (χ3n) is 3.03. The SMILES string of the molecule is CCc1ccc(OCc2nc3ccccc3s2)cc1. The lowest BCUT2D eigenvalue weighted by Crippen LogP contribution is -1.94. The zero-order valence-electron chi connectivity index (χ0n) is 10.8. The highest BCUT2D eigenvalue weighted by atomic mass is 32.1. The molecule has 19 heavy (non-hydrogen) atoms. The van der Waals surface area contributed by atoms with Gasteiger partial charge in [0.05, 0.1) is 10.2 Å². The van der Waals surface area contributed by atoms with E-state index < -0.39 is 0 Å². The van der Waals surface area contributed by atoms with Crippen molar-refractivity contribution in [2.45, 2.75) is 20.0 Å². The second kappa shape index (κ2) is 5.41. The molecule has 0 N–H and O–H groups in total. The van der Waals surface area contributed by atoms with Crippen molar-refractivity contribution in [3.63, 3.8) is 0 Å². The lowest BCUT2D eigenvalue weighted by atomic mass is 10.2. The molecule has 2 aromatic carbocycles. The van der Waals surface area contributed by atoms with E-state index in [1.807, 2.05) is 30.3 Å². The molecule has 0 saturated heterocycles. The standard InChI is InChI=1S/C16H15NOS/c1-2-12-7-9-13(10-8-12)18-11-16-17-14-5-3-4-6-15(14)19-16/h3-10H,2,11H2,1H3. The lowest BCUT2D eigenvalue weighted by molar-refractivity contribution is 0.306. The van der Waals surface area contributed by atoms with Crippen molar-refractivity contribution >= 4 is 21.6 Å². The highest BCUT2D eigenvalue weighted by Gasteiger charge is 2.03. The molecule has 1 aromatic heterocycles. The number of para-hydroxylation sites is 1. The minimum Gasteiger partial charge on any atom is -0.486 e. The maximum atomic E-state index is 5.77. The van der Waals surface area contributed by atoms with Crippen LogP contribution in [0.15, 0.2) is 48.5 Å². The van der Waals surface area contributed by atoms with Crippen LogP contribution in [0.25, 0.3) is 10.2 Å². The molecule has 96 valence electrons. The Morgan fingerprint density at radius 1 is 1.05 bits per heavy atom. The van der Waals surface area contributed by atoms with Gasteiger partial charge in [-0.1, -0.05) is 31.2 Å². The van der Waals surface area contributed by atoms with Crippen molar-refractivity contribution in [3.05, 3.63) is 59.1 Å². The molecule has 3 rings (SSSR count). The van der Waals surface area contributed by atoms with Crippen LogP contribution in [0.2, 0.25) is 0 Å². The van der Waals surface area contributed by atoms with Gasteiger partial charge < -0.3 is 4.74 Å². The summed E-state index contributed by atoms with van der Waals surface area (Å²) in [7, 11) is 0. The predicted molar refractivity (Wildman–Crippen MR) is 79.8 cm³/mol. The molecular formula is C16H15NOS. The number of benzene rings is 2. The van der Waals surface area contributed by atoms with Gasteiger partial charge in [0.2, 0.25) is 0 Å². The van der Waals surface area contributed by atoms with Crippen LogP contribution in [0.5, 0.6) is 5.75 Å². The normalized spacial score (nSPS) is 10.8. The van der Waals surface area contributed by atoms with Crippen molar-refractivity contribution < 1.29 is 4.74 Å². The van der Waals surface area contributed by atoms with E-state index in [0.29, 0.717) is 6.61 Å². The molecule has 2 nitrogen and oxygen atoms in total. The van der Waals surface area contributed by atoms with E-state index in [0.717, 1.165) is 22.7 Å². The van der Waals surface area contributed by atoms with Crippen molar-refractivity contribution in [3.8, 4) is 5.75 Å². The Morgan fingerprint density at radius 2 is 1.84 bits per heavy atom. The van der Waals surface area contributed by atoms with Gasteiger partial charge in [-0.15, -0.1) is 11.3 Å². The molecule has 3 aromatic rings. The van der Waals surface area contributed by atoms with Gasteiger partial charge in [-0.25, -0.2) is 4.98 Å². The van der Waals surface area contributed by atoms with Gasteiger partial charge >= 0.3 is 0 Å². The number of ether oxygens (including phenoxy) is 1. The zero-order chi connectivity index (χ0) is 13.1. The average molecular weight is 269 g/mol. The minimum atomic E-state index is 0.533. The summed E-state index contributed by atoms with van der Waals surface area (Å²) in [5.41, 5.74) is 2.37. The number of rotatable bonds is 4. The van der Waals surface area contributed by atoms with Gasteiger partial charge in [-0.2, -0.15) is 0 Å². The number of aryl methyl sites for hydroxylation is 1. The summed E-state index contributed by atoms with van der Waals surface area (Å²) in [4.78, 5) is 4.56. The maximum absolute atomic E-state index is 5.77. The van der Waals surface area contributed by atoms with Crippen LogP contribution in [-0.4, -0.2) is 4.98 Å². The summed E-state index contributed by atoms with van der Waals surface area (Å²) < 4.78 is 6.98. The molecule has 0 saturated carbocycles. The van der Waals surface area contributed by atoms with E-state index in [1.54, 1.807) is 11.3 Å². The predicted octanol–water partition coefficient (Wildman–Crippen LogP) is 4.44. The monoisotopic (exact) mass is 269 g/mol. The highest BCUT2D eigenvalue weighted by Crippen LogP contribution is 2.23. The Kier molecular flexibility index (Phi) is 3.47. The number of nitrogens with zero attached hydrogens (tertiary/aromatic N) is 1. The van der Waals surface area contributed by atoms with E-state index in [1.165, 1.54) is 10.3 Å². The molecule has 0 unspecified atom stereocenters. The van der Waals surface area contributed by atoms with Crippen LogP contribution in [0.4, 0.5) is 0 Å². The Hall–Kier alpha value is -1.87. The fourth-order valence-electron chi connectivity index (χ4n) is 1.95. The summed E-state index contributed by atoms with van der Waals surface area (Å²) in [6.45, 7) is 2.68. The van der Waals surface area contributed by atoms with E-state index in [9.17, 15) is 0 Å². The molecule has 0 aliphatic heterocycles. The Morgan fingerprint density at radius 3 is 2.58 bits per heavy atom. The molecule has 0 atom stereocenters. The Labute approximate surface area is 116 Å². The van der Waals surface area contributed by atoms with E-state index in [-0.39, 0.29) is 0 Å². The highest BCUT2D eigenvalue weighted by molar-refractivity contribution is 7.18. The average Bonchev–Trinajstić information content (AvgIpc) is 2.88. The zero-order valence-corrected chi connectivity index (χ0v) is 11.6. The van der Waals surface area contributed by atoms with Crippen LogP contribution in [0.3, 0.4) is 0 Å². The summed E-state index contributed by atoms with van der Waals surface area (Å²) in [5, 5.41) is 1.01. The first kappa shape index (κ1) is 12.2. The first-order valence-electron chi connectivity index (χ1n) is 6.41. The largest absolute Gasteiger partial charge is 0.486 e. The quantitative estimate of drug-likeness (QED) is 0.698. The third kappa shape index (κ3) is 2.76. The van der Waals surface area contributed by atoms with Gasteiger partial charge in [0.25, 0.3) is 0 Å². The van der Waals surface area contributed by atoms with Crippen molar-refractivity contribution in [1.29, 1.82) is 0 Å². The van der Waals surface area contributed by atoms with Gasteiger partial charge in [-0.05, 0) is 36.2 Å². The van der Waals surface area contributed by atoms with E-state index in [2.05, 4.69) is 30.1 Å². The molecule has 0 bridgehead atoms. The van der Waals surface area contributed by atoms with Crippen molar-refractivity contribution in [2.75, 3.05) is 0 Å². The smallest absolute Gasteiger partial charge is 0.140 e. The second-order valence-electron chi connectivity index (χ2n) is 4.36. The first-order valence-corrected chi connectivity index (χ1v) is 7.23.